The molecule has 2 amide bonds. The lowest BCUT2D eigenvalue weighted by Gasteiger charge is -2.20. The first kappa shape index (κ1) is 14.5. The summed E-state index contributed by atoms with van der Waals surface area (Å²) in [5, 5.41) is 11.6. The maximum absolute atomic E-state index is 11.7. The highest BCUT2D eigenvalue weighted by molar-refractivity contribution is 5.89. The molecule has 0 aromatic carbocycles. The number of rotatable bonds is 5. The molecule has 0 saturated carbocycles. The van der Waals surface area contributed by atoms with Crippen LogP contribution in [0.5, 0.6) is 0 Å². The number of nitrogens with one attached hydrogen (secondary N) is 1. The van der Waals surface area contributed by atoms with E-state index in [2.05, 4.69) is 5.32 Å². The summed E-state index contributed by atoms with van der Waals surface area (Å²) in [6.07, 6.45) is -0.0116. The molecule has 6 heteroatoms. The Labute approximate surface area is 106 Å². The predicted octanol–water partition coefficient (Wildman–Crippen LogP) is 0.0802. The molecule has 2 unspecified atom stereocenters. The molecule has 18 heavy (non-hydrogen) atoms. The number of nitrogens with zero attached hydrogens (tertiary/aromatic N) is 1. The molecule has 0 radical (unpaired) electrons. The Morgan fingerprint density at radius 2 is 2.06 bits per heavy atom. The van der Waals surface area contributed by atoms with E-state index in [0.29, 0.717) is 5.92 Å². The number of likely N-dealkylation sites (tertiary alicyclic amines) is 1. The van der Waals surface area contributed by atoms with Crippen molar-refractivity contribution in [2.45, 2.75) is 33.2 Å². The Hall–Kier alpha value is -1.59. The van der Waals surface area contributed by atoms with Crippen LogP contribution in [0.25, 0.3) is 0 Å². The second kappa shape index (κ2) is 5.84. The average Bonchev–Trinajstić information content (AvgIpc) is 2.60. The van der Waals surface area contributed by atoms with Gasteiger partial charge in [-0.2, -0.15) is 0 Å². The fraction of sp³-hybridized carbons (Fsp3) is 0.750. The first-order chi connectivity index (χ1) is 8.31. The van der Waals surface area contributed by atoms with Gasteiger partial charge < -0.3 is 15.3 Å². The number of amides is 2. The summed E-state index contributed by atoms with van der Waals surface area (Å²) < 4.78 is 0. The molecule has 1 saturated heterocycles. The van der Waals surface area contributed by atoms with Gasteiger partial charge in [0.2, 0.25) is 11.8 Å². The fourth-order valence-corrected chi connectivity index (χ4v) is 1.73. The van der Waals surface area contributed by atoms with Gasteiger partial charge in [-0.3, -0.25) is 14.4 Å². The summed E-state index contributed by atoms with van der Waals surface area (Å²) >= 11 is 0. The van der Waals surface area contributed by atoms with Crippen molar-refractivity contribution in [2.75, 3.05) is 13.1 Å². The Morgan fingerprint density at radius 3 is 2.50 bits per heavy atom. The molecule has 2 atom stereocenters. The highest BCUT2D eigenvalue weighted by atomic mass is 16.4. The molecule has 1 heterocycles. The predicted molar refractivity (Wildman–Crippen MR) is 64.8 cm³/mol. The van der Waals surface area contributed by atoms with Gasteiger partial charge in [0.25, 0.3) is 0 Å². The van der Waals surface area contributed by atoms with Gasteiger partial charge in [0, 0.05) is 19.0 Å². The number of aliphatic carboxylic acids is 1. The topological polar surface area (TPSA) is 86.7 Å². The molecule has 1 fully saturated rings. The number of carbonyl (C=O) groups excluding carboxylic acids is 2. The van der Waals surface area contributed by atoms with Crippen LogP contribution in [-0.4, -0.2) is 46.9 Å². The second-order valence-corrected chi connectivity index (χ2v) is 5.11. The van der Waals surface area contributed by atoms with Crippen LogP contribution in [0.3, 0.4) is 0 Å². The Balaban J connectivity index is 2.46. The van der Waals surface area contributed by atoms with Gasteiger partial charge in [-0.05, 0) is 12.8 Å². The maximum Gasteiger partial charge on any atom is 0.308 e. The number of carboxylic acids is 1. The largest absolute Gasteiger partial charge is 0.481 e. The quantitative estimate of drug-likeness (QED) is 0.729. The lowest BCUT2D eigenvalue weighted by atomic mass is 10.1. The molecule has 1 aliphatic rings. The standard InChI is InChI=1S/C12H20N2O4/c1-7(2)8(3)13-10(15)6-14-5-9(12(17)18)4-11(14)16/h7-9H,4-6H2,1-3H3,(H,13,15)(H,17,18). The minimum Gasteiger partial charge on any atom is -0.481 e. The lowest BCUT2D eigenvalue weighted by molar-refractivity contribution is -0.141. The molecule has 0 aromatic rings. The van der Waals surface area contributed by atoms with E-state index in [9.17, 15) is 14.4 Å². The minimum absolute atomic E-state index is 0.0116. The minimum atomic E-state index is -0.984. The van der Waals surface area contributed by atoms with Crippen molar-refractivity contribution in [2.24, 2.45) is 11.8 Å². The molecule has 0 bridgehead atoms. The van der Waals surface area contributed by atoms with Crippen molar-refractivity contribution < 1.29 is 19.5 Å². The van der Waals surface area contributed by atoms with Crippen LogP contribution in [-0.2, 0) is 14.4 Å². The average molecular weight is 256 g/mol. The van der Waals surface area contributed by atoms with Crippen molar-refractivity contribution in [3.8, 4) is 0 Å². The fourth-order valence-electron chi connectivity index (χ4n) is 1.73. The van der Waals surface area contributed by atoms with E-state index in [4.69, 9.17) is 5.11 Å². The molecule has 0 aromatic heterocycles. The third-order valence-corrected chi connectivity index (χ3v) is 3.29. The Bertz CT molecular complexity index is 354. The summed E-state index contributed by atoms with van der Waals surface area (Å²) in [7, 11) is 0. The summed E-state index contributed by atoms with van der Waals surface area (Å²) in [5.41, 5.74) is 0. The van der Waals surface area contributed by atoms with Crippen LogP contribution in [0.4, 0.5) is 0 Å². The summed E-state index contributed by atoms with van der Waals surface area (Å²) in [4.78, 5) is 35.3. The van der Waals surface area contributed by atoms with Crippen LogP contribution in [0.15, 0.2) is 0 Å². The van der Waals surface area contributed by atoms with Crippen LogP contribution < -0.4 is 5.32 Å². The Morgan fingerprint density at radius 1 is 1.44 bits per heavy atom. The van der Waals surface area contributed by atoms with Gasteiger partial charge in [-0.15, -0.1) is 0 Å². The zero-order valence-electron chi connectivity index (χ0n) is 11.0. The van der Waals surface area contributed by atoms with Crippen LogP contribution in [0, 0.1) is 11.8 Å². The smallest absolute Gasteiger partial charge is 0.308 e. The molecule has 102 valence electrons. The first-order valence-electron chi connectivity index (χ1n) is 6.11. The van der Waals surface area contributed by atoms with Crippen molar-refractivity contribution in [1.82, 2.24) is 10.2 Å². The van der Waals surface area contributed by atoms with Crippen molar-refractivity contribution >= 4 is 17.8 Å². The van der Waals surface area contributed by atoms with Gasteiger partial charge >= 0.3 is 5.97 Å². The molecule has 0 spiro atoms. The summed E-state index contributed by atoms with van der Waals surface area (Å²) in [6, 6.07) is 0.0328. The van der Waals surface area contributed by atoms with E-state index in [1.165, 1.54) is 4.90 Å². The number of carbonyl (C=O) groups is 3. The SMILES string of the molecule is CC(C)C(C)NC(=O)CN1CC(C(=O)O)CC1=O. The molecule has 6 nitrogen and oxygen atoms in total. The van der Waals surface area contributed by atoms with Gasteiger partial charge in [0.1, 0.15) is 0 Å². The molecule has 2 N–H and O–H groups in total. The number of hydrogen-bond acceptors (Lipinski definition) is 3. The highest BCUT2D eigenvalue weighted by Gasteiger charge is 2.35. The maximum atomic E-state index is 11.7. The van der Waals surface area contributed by atoms with Crippen LogP contribution in [0.1, 0.15) is 27.2 Å². The third kappa shape index (κ3) is 3.72. The van der Waals surface area contributed by atoms with Gasteiger partial charge in [-0.1, -0.05) is 13.8 Å². The van der Waals surface area contributed by atoms with E-state index < -0.39 is 11.9 Å². The van der Waals surface area contributed by atoms with E-state index in [1.54, 1.807) is 0 Å². The summed E-state index contributed by atoms with van der Waals surface area (Å²) in [5.74, 6) is -1.87. The van der Waals surface area contributed by atoms with E-state index in [-0.39, 0.29) is 37.4 Å². The van der Waals surface area contributed by atoms with Crippen molar-refractivity contribution in [3.63, 3.8) is 0 Å². The van der Waals surface area contributed by atoms with Crippen molar-refractivity contribution in [1.29, 1.82) is 0 Å². The molecule has 0 aliphatic carbocycles. The molecule has 1 aliphatic heterocycles. The third-order valence-electron chi connectivity index (χ3n) is 3.29. The van der Waals surface area contributed by atoms with E-state index >= 15 is 0 Å². The first-order valence-corrected chi connectivity index (χ1v) is 6.11. The monoisotopic (exact) mass is 256 g/mol. The zero-order valence-corrected chi connectivity index (χ0v) is 11.0. The lowest BCUT2D eigenvalue weighted by Crippen LogP contribution is -2.43. The van der Waals surface area contributed by atoms with E-state index in [0.717, 1.165) is 0 Å². The van der Waals surface area contributed by atoms with Crippen LogP contribution >= 0.6 is 0 Å². The summed E-state index contributed by atoms with van der Waals surface area (Å²) in [6.45, 7) is 5.95. The number of hydrogen-bond donors (Lipinski definition) is 2. The normalized spacial score (nSPS) is 21.2. The zero-order chi connectivity index (χ0) is 13.9. The van der Waals surface area contributed by atoms with Gasteiger partial charge in [0.15, 0.2) is 0 Å². The Kier molecular flexibility index (Phi) is 4.69. The second-order valence-electron chi connectivity index (χ2n) is 5.11. The molecular weight excluding hydrogens is 236 g/mol. The molecule has 1 rings (SSSR count). The van der Waals surface area contributed by atoms with Gasteiger partial charge in [0.05, 0.1) is 12.5 Å². The van der Waals surface area contributed by atoms with Crippen molar-refractivity contribution in [3.05, 3.63) is 0 Å². The highest BCUT2D eigenvalue weighted by Crippen LogP contribution is 2.17. The van der Waals surface area contributed by atoms with E-state index in [1.807, 2.05) is 20.8 Å². The van der Waals surface area contributed by atoms with Gasteiger partial charge in [-0.25, -0.2) is 0 Å². The molecular formula is C12H20N2O4. The number of carboxylic acid groups (broad SMARTS) is 1. The van der Waals surface area contributed by atoms with Crippen LogP contribution in [0.2, 0.25) is 0 Å².